The van der Waals surface area contributed by atoms with Crippen LogP contribution in [0.2, 0.25) is 5.02 Å². The number of halogens is 2. The highest BCUT2D eigenvalue weighted by Gasteiger charge is 2.13. The lowest BCUT2D eigenvalue weighted by molar-refractivity contribution is 0.191. The number of rotatable bonds is 9. The van der Waals surface area contributed by atoms with Crippen LogP contribution in [-0.4, -0.2) is 24.4 Å². The molecular weight excluding hydrogens is 406 g/mol. The second-order valence-electron chi connectivity index (χ2n) is 5.74. The van der Waals surface area contributed by atoms with E-state index in [1.54, 1.807) is 6.92 Å². The zero-order valence-electron chi connectivity index (χ0n) is 14.4. The number of benzene rings is 2. The fraction of sp³-hybridized carbons (Fsp3) is 0.368. The first kappa shape index (κ1) is 20.0. The van der Waals surface area contributed by atoms with Crippen LogP contribution < -0.4 is 14.8 Å². The summed E-state index contributed by atoms with van der Waals surface area (Å²) in [6, 6.07) is 11.5. The van der Waals surface area contributed by atoms with E-state index in [1.165, 1.54) is 0 Å². The monoisotopic (exact) mass is 427 g/mol. The Morgan fingerprint density at radius 3 is 2.68 bits per heavy atom. The van der Waals surface area contributed by atoms with Gasteiger partial charge in [0, 0.05) is 18.1 Å². The van der Waals surface area contributed by atoms with Gasteiger partial charge in [0.05, 0.1) is 17.2 Å². The molecule has 0 saturated heterocycles. The van der Waals surface area contributed by atoms with Crippen molar-refractivity contribution in [3.05, 3.63) is 57.0 Å². The van der Waals surface area contributed by atoms with Crippen molar-refractivity contribution in [1.82, 2.24) is 5.32 Å². The van der Waals surface area contributed by atoms with Crippen LogP contribution in [0.4, 0.5) is 0 Å². The summed E-state index contributed by atoms with van der Waals surface area (Å²) in [5.74, 6) is 1.36. The Labute approximate surface area is 162 Å². The van der Waals surface area contributed by atoms with Gasteiger partial charge in [-0.2, -0.15) is 0 Å². The van der Waals surface area contributed by atoms with Gasteiger partial charge in [-0.3, -0.25) is 0 Å². The van der Waals surface area contributed by atoms with Crippen molar-refractivity contribution < 1.29 is 14.6 Å². The first-order valence-electron chi connectivity index (χ1n) is 8.20. The molecule has 0 aliphatic carbocycles. The molecule has 1 atom stereocenters. The van der Waals surface area contributed by atoms with Crippen molar-refractivity contribution in [2.75, 3.05) is 13.2 Å². The molecule has 0 bridgehead atoms. The second kappa shape index (κ2) is 10.0. The maximum atomic E-state index is 9.34. The van der Waals surface area contributed by atoms with E-state index >= 15 is 0 Å². The molecule has 0 aromatic heterocycles. The van der Waals surface area contributed by atoms with Gasteiger partial charge < -0.3 is 19.9 Å². The van der Waals surface area contributed by atoms with Gasteiger partial charge in [-0.05, 0) is 65.2 Å². The molecule has 2 N–H and O–H groups in total. The number of aliphatic hydroxyl groups excluding tert-OH is 1. The Bertz CT molecular complexity index is 694. The molecule has 0 aliphatic heterocycles. The number of hydrogen-bond donors (Lipinski definition) is 2. The highest BCUT2D eigenvalue weighted by atomic mass is 79.9. The average molecular weight is 429 g/mol. The summed E-state index contributed by atoms with van der Waals surface area (Å²) < 4.78 is 12.5. The first-order chi connectivity index (χ1) is 12.0. The van der Waals surface area contributed by atoms with Crippen molar-refractivity contribution in [2.24, 2.45) is 0 Å². The number of aliphatic hydroxyl groups is 1. The number of ether oxygens (including phenoxy) is 2. The molecule has 1 unspecified atom stereocenters. The lowest BCUT2D eigenvalue weighted by atomic mass is 10.2. The van der Waals surface area contributed by atoms with Crippen LogP contribution in [0.3, 0.4) is 0 Å². The van der Waals surface area contributed by atoms with Crippen molar-refractivity contribution >= 4 is 27.5 Å². The molecule has 0 radical (unpaired) electrons. The van der Waals surface area contributed by atoms with Crippen LogP contribution in [0.25, 0.3) is 0 Å². The fourth-order valence-electron chi connectivity index (χ4n) is 2.33. The Morgan fingerprint density at radius 1 is 1.20 bits per heavy atom. The highest BCUT2D eigenvalue weighted by Crippen LogP contribution is 2.37. The quantitative estimate of drug-likeness (QED) is 0.615. The Morgan fingerprint density at radius 2 is 2.00 bits per heavy atom. The van der Waals surface area contributed by atoms with Gasteiger partial charge in [0.15, 0.2) is 11.5 Å². The van der Waals surface area contributed by atoms with Gasteiger partial charge >= 0.3 is 0 Å². The molecule has 4 nitrogen and oxygen atoms in total. The summed E-state index contributed by atoms with van der Waals surface area (Å²) in [6.07, 6.45) is -0.380. The maximum absolute atomic E-state index is 9.34. The Hall–Kier alpha value is -1.27. The topological polar surface area (TPSA) is 50.7 Å². The summed E-state index contributed by atoms with van der Waals surface area (Å²) in [7, 11) is 0. The standard InChI is InChI=1S/C19H23BrClNO3/c1-3-24-18-9-15(11-22-10-13(2)23)8-17(20)19(18)25-12-14-5-4-6-16(21)7-14/h4-9,13,22-23H,3,10-12H2,1-2H3. The van der Waals surface area contributed by atoms with Gasteiger partial charge in [0.1, 0.15) is 6.61 Å². The molecule has 0 heterocycles. The van der Waals surface area contributed by atoms with Crippen molar-refractivity contribution in [1.29, 1.82) is 0 Å². The lowest BCUT2D eigenvalue weighted by Crippen LogP contribution is -2.23. The van der Waals surface area contributed by atoms with E-state index in [1.807, 2.05) is 43.3 Å². The second-order valence-corrected chi connectivity index (χ2v) is 7.03. The van der Waals surface area contributed by atoms with Crippen molar-refractivity contribution in [2.45, 2.75) is 33.1 Å². The smallest absolute Gasteiger partial charge is 0.175 e. The molecule has 2 aromatic carbocycles. The van der Waals surface area contributed by atoms with Gasteiger partial charge in [0.25, 0.3) is 0 Å². The van der Waals surface area contributed by atoms with Crippen LogP contribution in [0, 0.1) is 0 Å². The van der Waals surface area contributed by atoms with E-state index in [0.717, 1.165) is 15.6 Å². The van der Waals surface area contributed by atoms with Gasteiger partial charge in [0.2, 0.25) is 0 Å². The Balaban J connectivity index is 2.12. The summed E-state index contributed by atoms with van der Waals surface area (Å²) in [6.45, 7) is 5.81. The SMILES string of the molecule is CCOc1cc(CNCC(C)O)cc(Br)c1OCc1cccc(Cl)c1. The molecule has 0 saturated carbocycles. The first-order valence-corrected chi connectivity index (χ1v) is 9.38. The predicted molar refractivity (Wildman–Crippen MR) is 104 cm³/mol. The molecule has 0 aliphatic rings. The van der Waals surface area contributed by atoms with Crippen LogP contribution >= 0.6 is 27.5 Å². The van der Waals surface area contributed by atoms with Gasteiger partial charge in [-0.15, -0.1) is 0 Å². The Kier molecular flexibility index (Phi) is 8.03. The maximum Gasteiger partial charge on any atom is 0.175 e. The summed E-state index contributed by atoms with van der Waals surface area (Å²) in [5.41, 5.74) is 2.04. The van der Waals surface area contributed by atoms with Gasteiger partial charge in [-0.25, -0.2) is 0 Å². The molecule has 0 amide bonds. The number of nitrogens with one attached hydrogen (secondary N) is 1. The minimum atomic E-state index is -0.380. The fourth-order valence-corrected chi connectivity index (χ4v) is 3.15. The molecular formula is C19H23BrClNO3. The molecule has 0 fully saturated rings. The van der Waals surface area contributed by atoms with Crippen LogP contribution in [0.15, 0.2) is 40.9 Å². The minimum absolute atomic E-state index is 0.380. The van der Waals surface area contributed by atoms with Crippen LogP contribution in [-0.2, 0) is 13.2 Å². The normalized spacial score (nSPS) is 12.0. The van der Waals surface area contributed by atoms with Crippen molar-refractivity contribution in [3.63, 3.8) is 0 Å². The largest absolute Gasteiger partial charge is 0.490 e. The summed E-state index contributed by atoms with van der Waals surface area (Å²) in [5, 5.41) is 13.2. The lowest BCUT2D eigenvalue weighted by Gasteiger charge is -2.16. The highest BCUT2D eigenvalue weighted by molar-refractivity contribution is 9.10. The third-order valence-corrected chi connectivity index (χ3v) is 4.23. The molecule has 2 rings (SSSR count). The van der Waals surface area contributed by atoms with Gasteiger partial charge in [-0.1, -0.05) is 23.7 Å². The van der Waals surface area contributed by atoms with Crippen LogP contribution in [0.5, 0.6) is 11.5 Å². The summed E-state index contributed by atoms with van der Waals surface area (Å²) in [4.78, 5) is 0. The van der Waals surface area contributed by atoms with E-state index < -0.39 is 0 Å². The third-order valence-electron chi connectivity index (χ3n) is 3.41. The summed E-state index contributed by atoms with van der Waals surface area (Å²) >= 11 is 9.58. The molecule has 25 heavy (non-hydrogen) atoms. The molecule has 6 heteroatoms. The van der Waals surface area contributed by atoms with E-state index in [4.69, 9.17) is 21.1 Å². The number of hydrogen-bond acceptors (Lipinski definition) is 4. The zero-order chi connectivity index (χ0) is 18.2. The van der Waals surface area contributed by atoms with Crippen LogP contribution in [0.1, 0.15) is 25.0 Å². The van der Waals surface area contributed by atoms with E-state index in [2.05, 4.69) is 21.2 Å². The molecule has 2 aromatic rings. The van der Waals surface area contributed by atoms with E-state index in [-0.39, 0.29) is 6.10 Å². The van der Waals surface area contributed by atoms with Crippen molar-refractivity contribution in [3.8, 4) is 11.5 Å². The van der Waals surface area contributed by atoms with E-state index in [9.17, 15) is 5.11 Å². The predicted octanol–water partition coefficient (Wildman–Crippen LogP) is 4.55. The average Bonchev–Trinajstić information content (AvgIpc) is 2.54. The zero-order valence-corrected chi connectivity index (χ0v) is 16.7. The third kappa shape index (κ3) is 6.51. The van der Waals surface area contributed by atoms with E-state index in [0.29, 0.717) is 42.8 Å². The minimum Gasteiger partial charge on any atom is -0.490 e. The molecule has 0 spiro atoms. The molecule has 136 valence electrons.